The Morgan fingerprint density at radius 2 is 2.23 bits per heavy atom. The zero-order valence-corrected chi connectivity index (χ0v) is 16.9. The van der Waals surface area contributed by atoms with E-state index in [2.05, 4.69) is 4.98 Å². The predicted molar refractivity (Wildman–Crippen MR) is 111 cm³/mol. The highest BCUT2D eigenvalue weighted by Crippen LogP contribution is 2.26. The number of amides is 1. The third-order valence-electron chi connectivity index (χ3n) is 5.08. The molecule has 2 aromatic heterocycles. The molecular formula is C21H23N5O4. The van der Waals surface area contributed by atoms with Crippen molar-refractivity contribution in [2.24, 2.45) is 11.7 Å². The summed E-state index contributed by atoms with van der Waals surface area (Å²) in [5, 5.41) is 9.26. The molecule has 156 valence electrons. The molecule has 2 aromatic rings. The lowest BCUT2D eigenvalue weighted by molar-refractivity contribution is -0.148. The fraction of sp³-hybridized carbons (Fsp3) is 0.381. The van der Waals surface area contributed by atoms with Gasteiger partial charge in [0.2, 0.25) is 0 Å². The topological polar surface area (TPSA) is 131 Å². The van der Waals surface area contributed by atoms with E-state index >= 15 is 0 Å². The zero-order chi connectivity index (χ0) is 21.8. The largest absolute Gasteiger partial charge is 0.466 e. The van der Waals surface area contributed by atoms with E-state index in [0.717, 1.165) is 5.56 Å². The number of primary amides is 1. The number of fused-ring (bicyclic) bond motifs is 1. The van der Waals surface area contributed by atoms with Gasteiger partial charge < -0.3 is 15.4 Å². The minimum atomic E-state index is -0.930. The molecule has 0 radical (unpaired) electrons. The lowest BCUT2D eigenvalue weighted by atomic mass is 9.97. The average Bonchev–Trinajstić information content (AvgIpc) is 2.73. The Hall–Kier alpha value is -3.67. The average molecular weight is 409 g/mol. The lowest BCUT2D eigenvalue weighted by Gasteiger charge is -2.33. The number of aryl methyl sites for hydroxylation is 1. The number of aromatic nitrogens is 2. The number of nitriles is 1. The van der Waals surface area contributed by atoms with Crippen LogP contribution < -0.4 is 16.2 Å². The van der Waals surface area contributed by atoms with Crippen LogP contribution in [0.15, 0.2) is 28.7 Å². The van der Waals surface area contributed by atoms with E-state index in [1.165, 1.54) is 10.5 Å². The van der Waals surface area contributed by atoms with Crippen molar-refractivity contribution in [1.29, 1.82) is 5.26 Å². The summed E-state index contributed by atoms with van der Waals surface area (Å²) in [6.07, 6.45) is 4.14. The molecule has 9 heteroatoms. The quantitative estimate of drug-likeness (QED) is 0.445. The Labute approximate surface area is 173 Å². The Morgan fingerprint density at radius 3 is 2.90 bits per heavy atom. The highest BCUT2D eigenvalue weighted by molar-refractivity contribution is 6.01. The van der Waals surface area contributed by atoms with Crippen LogP contribution in [0.3, 0.4) is 0 Å². The van der Waals surface area contributed by atoms with Crippen molar-refractivity contribution in [3.63, 3.8) is 0 Å². The molecule has 0 unspecified atom stereocenters. The van der Waals surface area contributed by atoms with Crippen molar-refractivity contribution in [3.05, 3.63) is 45.4 Å². The van der Waals surface area contributed by atoms with Crippen molar-refractivity contribution in [2.75, 3.05) is 24.6 Å². The molecule has 3 heterocycles. The molecule has 1 saturated heterocycles. The lowest BCUT2D eigenvalue weighted by Crippen LogP contribution is -2.41. The third kappa shape index (κ3) is 4.03. The standard InChI is InChI=1S/C21H23N5O4/c1-3-30-21(29)14-7-5-8-25(12-14)19-16(10-15(11-22)17(23)27)20(28)26-9-4-6-13(2)18(26)24-19/h4,6,9-10,14H,3,5,7-8,12H2,1-2H3,(H2,23,27)/b15-10+/t14-/m0/s1. The predicted octanol–water partition coefficient (Wildman–Crippen LogP) is 1.17. The summed E-state index contributed by atoms with van der Waals surface area (Å²) in [4.78, 5) is 43.6. The van der Waals surface area contributed by atoms with Crippen LogP contribution in [0.1, 0.15) is 30.9 Å². The van der Waals surface area contributed by atoms with Crippen LogP contribution in [0.2, 0.25) is 0 Å². The number of hydrogen-bond donors (Lipinski definition) is 1. The van der Waals surface area contributed by atoms with E-state index in [-0.39, 0.29) is 23.0 Å². The summed E-state index contributed by atoms with van der Waals surface area (Å²) in [5.41, 5.74) is 5.84. The Balaban J connectivity index is 2.19. The number of esters is 1. The van der Waals surface area contributed by atoms with Gasteiger partial charge in [-0.25, -0.2) is 4.98 Å². The number of carbonyl (C=O) groups excluding carboxylic acids is 2. The first-order valence-electron chi connectivity index (χ1n) is 9.72. The molecule has 2 N–H and O–H groups in total. The molecule has 0 aliphatic carbocycles. The molecule has 1 aliphatic heterocycles. The van der Waals surface area contributed by atoms with Gasteiger partial charge in [0.25, 0.3) is 11.5 Å². The van der Waals surface area contributed by atoms with Gasteiger partial charge in [0, 0.05) is 19.3 Å². The molecule has 1 fully saturated rings. The van der Waals surface area contributed by atoms with Gasteiger partial charge in [0.05, 0.1) is 18.1 Å². The second-order valence-electron chi connectivity index (χ2n) is 7.11. The van der Waals surface area contributed by atoms with Gasteiger partial charge in [-0.05, 0) is 44.4 Å². The number of carbonyl (C=O) groups is 2. The summed E-state index contributed by atoms with van der Waals surface area (Å²) in [5.74, 6) is -1.25. The number of ether oxygens (including phenoxy) is 1. The smallest absolute Gasteiger partial charge is 0.310 e. The Bertz CT molecular complexity index is 1130. The molecule has 30 heavy (non-hydrogen) atoms. The molecular weight excluding hydrogens is 386 g/mol. The molecule has 3 rings (SSSR count). The highest BCUT2D eigenvalue weighted by atomic mass is 16.5. The molecule has 0 spiro atoms. The Kier molecular flexibility index (Phi) is 6.16. The summed E-state index contributed by atoms with van der Waals surface area (Å²) in [7, 11) is 0. The monoisotopic (exact) mass is 409 g/mol. The molecule has 9 nitrogen and oxygen atoms in total. The fourth-order valence-corrected chi connectivity index (χ4v) is 3.59. The highest BCUT2D eigenvalue weighted by Gasteiger charge is 2.29. The first-order valence-corrected chi connectivity index (χ1v) is 9.72. The molecule has 0 saturated carbocycles. The van der Waals surface area contributed by atoms with Crippen LogP contribution in [-0.2, 0) is 14.3 Å². The first-order chi connectivity index (χ1) is 14.4. The fourth-order valence-electron chi connectivity index (χ4n) is 3.59. The van der Waals surface area contributed by atoms with E-state index in [1.54, 1.807) is 25.3 Å². The first kappa shape index (κ1) is 21.0. The normalized spacial score (nSPS) is 16.9. The van der Waals surface area contributed by atoms with Gasteiger partial charge in [0.1, 0.15) is 23.1 Å². The van der Waals surface area contributed by atoms with Gasteiger partial charge in [-0.2, -0.15) is 5.26 Å². The van der Waals surface area contributed by atoms with Crippen molar-refractivity contribution in [3.8, 4) is 6.07 Å². The van der Waals surface area contributed by atoms with E-state index in [1.807, 2.05) is 17.9 Å². The molecule has 0 bridgehead atoms. The maximum Gasteiger partial charge on any atom is 0.310 e. The molecule has 1 atom stereocenters. The van der Waals surface area contributed by atoms with Crippen LogP contribution in [0, 0.1) is 24.2 Å². The zero-order valence-electron chi connectivity index (χ0n) is 16.9. The minimum absolute atomic E-state index is 0.0814. The van der Waals surface area contributed by atoms with E-state index in [4.69, 9.17) is 10.5 Å². The number of hydrogen-bond acceptors (Lipinski definition) is 7. The van der Waals surface area contributed by atoms with Crippen molar-refractivity contribution < 1.29 is 14.3 Å². The summed E-state index contributed by atoms with van der Waals surface area (Å²) < 4.78 is 6.52. The maximum atomic E-state index is 13.2. The van der Waals surface area contributed by atoms with Gasteiger partial charge in [-0.1, -0.05) is 6.07 Å². The van der Waals surface area contributed by atoms with Crippen molar-refractivity contribution in [2.45, 2.75) is 26.7 Å². The van der Waals surface area contributed by atoms with Gasteiger partial charge >= 0.3 is 5.97 Å². The van der Waals surface area contributed by atoms with Gasteiger partial charge in [0.15, 0.2) is 0 Å². The number of nitrogens with two attached hydrogens (primary N) is 1. The third-order valence-corrected chi connectivity index (χ3v) is 5.08. The van der Waals surface area contributed by atoms with Crippen LogP contribution in [0.4, 0.5) is 5.82 Å². The maximum absolute atomic E-state index is 13.2. The van der Waals surface area contributed by atoms with E-state index < -0.39 is 11.5 Å². The van der Waals surface area contributed by atoms with Gasteiger partial charge in [-0.3, -0.25) is 18.8 Å². The minimum Gasteiger partial charge on any atom is -0.466 e. The number of nitrogens with zero attached hydrogens (tertiary/aromatic N) is 4. The number of rotatable bonds is 5. The summed E-state index contributed by atoms with van der Waals surface area (Å²) in [6, 6.07) is 5.28. The van der Waals surface area contributed by atoms with Crippen LogP contribution >= 0.6 is 0 Å². The van der Waals surface area contributed by atoms with Crippen molar-refractivity contribution >= 4 is 29.4 Å². The molecule has 0 aromatic carbocycles. The van der Waals surface area contributed by atoms with Crippen LogP contribution in [0.25, 0.3) is 11.7 Å². The second kappa shape index (κ2) is 8.78. The molecule has 1 aliphatic rings. The van der Waals surface area contributed by atoms with E-state index in [9.17, 15) is 19.6 Å². The molecule has 1 amide bonds. The Morgan fingerprint density at radius 1 is 1.47 bits per heavy atom. The summed E-state index contributed by atoms with van der Waals surface area (Å²) in [6.45, 7) is 4.78. The second-order valence-corrected chi connectivity index (χ2v) is 7.11. The SMILES string of the molecule is CCOC(=O)[C@H]1CCCN(c2nc3c(C)cccn3c(=O)c2/C=C(\C#N)C(N)=O)C1. The summed E-state index contributed by atoms with van der Waals surface area (Å²) >= 11 is 0. The van der Waals surface area contributed by atoms with E-state index in [0.29, 0.717) is 44.0 Å². The van der Waals surface area contributed by atoms with Gasteiger partial charge in [-0.15, -0.1) is 0 Å². The van der Waals surface area contributed by atoms with Crippen LogP contribution in [0.5, 0.6) is 0 Å². The van der Waals surface area contributed by atoms with Crippen LogP contribution in [-0.4, -0.2) is 41.0 Å². The van der Waals surface area contributed by atoms with Crippen molar-refractivity contribution in [1.82, 2.24) is 9.38 Å². The number of piperidine rings is 1. The number of anilines is 1. The number of pyridine rings is 1.